The highest BCUT2D eigenvalue weighted by atomic mass is 35.5. The van der Waals surface area contributed by atoms with Crippen LogP contribution in [-0.2, 0) is 0 Å². The predicted octanol–water partition coefficient (Wildman–Crippen LogP) is 5.12. The Labute approximate surface area is 152 Å². The first kappa shape index (κ1) is 17.0. The third-order valence-electron chi connectivity index (χ3n) is 3.96. The molecule has 128 valence electrons. The molecule has 0 atom stereocenters. The van der Waals surface area contributed by atoms with Gasteiger partial charge in [0.1, 0.15) is 12.0 Å². The molecule has 0 radical (unpaired) electrons. The van der Waals surface area contributed by atoms with E-state index in [0.29, 0.717) is 22.3 Å². The predicted molar refractivity (Wildman–Crippen MR) is 105 cm³/mol. The van der Waals surface area contributed by atoms with Crippen molar-refractivity contribution in [3.63, 3.8) is 0 Å². The molecule has 4 N–H and O–H groups in total. The van der Waals surface area contributed by atoms with Crippen molar-refractivity contribution >= 4 is 40.3 Å². The molecule has 2 aromatic carbocycles. The molecule has 1 aromatic heterocycles. The molecule has 3 rings (SSSR count). The van der Waals surface area contributed by atoms with Gasteiger partial charge in [-0.05, 0) is 56.2 Å². The Bertz CT molecular complexity index is 852. The topological polar surface area (TPSA) is 75.9 Å². The van der Waals surface area contributed by atoms with E-state index in [1.807, 2.05) is 44.2 Å². The van der Waals surface area contributed by atoms with Gasteiger partial charge in [-0.2, -0.15) is 0 Å². The lowest BCUT2D eigenvalue weighted by atomic mass is 10.1. The number of aromatic nitrogens is 2. The second kappa shape index (κ2) is 6.99. The largest absolute Gasteiger partial charge is 0.393 e. The van der Waals surface area contributed by atoms with Gasteiger partial charge >= 0.3 is 0 Å². The zero-order valence-electron chi connectivity index (χ0n) is 14.4. The maximum atomic E-state index is 6.26. The summed E-state index contributed by atoms with van der Waals surface area (Å²) in [6, 6.07) is 11.8. The summed E-state index contributed by atoms with van der Waals surface area (Å²) in [6.07, 6.45) is 1.48. The van der Waals surface area contributed by atoms with E-state index in [-0.39, 0.29) is 0 Å². The lowest BCUT2D eigenvalue weighted by molar-refractivity contribution is 1.17. The summed E-state index contributed by atoms with van der Waals surface area (Å²) >= 11 is 6.00. The average Bonchev–Trinajstić information content (AvgIpc) is 2.56. The number of rotatable bonds is 4. The summed E-state index contributed by atoms with van der Waals surface area (Å²) in [7, 11) is 0. The minimum Gasteiger partial charge on any atom is -0.393 e. The van der Waals surface area contributed by atoms with Crippen LogP contribution in [0.2, 0.25) is 5.02 Å². The molecule has 5 nitrogen and oxygen atoms in total. The van der Waals surface area contributed by atoms with Crippen molar-refractivity contribution in [1.82, 2.24) is 9.97 Å². The zero-order valence-corrected chi connectivity index (χ0v) is 15.1. The molecule has 1 heterocycles. The van der Waals surface area contributed by atoms with Crippen molar-refractivity contribution in [3.05, 3.63) is 64.4 Å². The number of hydrogen-bond acceptors (Lipinski definition) is 5. The molecule has 0 aliphatic heterocycles. The number of nitrogen functional groups attached to an aromatic ring is 1. The van der Waals surface area contributed by atoms with Crippen LogP contribution in [0.3, 0.4) is 0 Å². The van der Waals surface area contributed by atoms with Crippen LogP contribution in [0.4, 0.5) is 28.7 Å². The third-order valence-corrected chi connectivity index (χ3v) is 4.20. The number of halogens is 1. The first-order chi connectivity index (χ1) is 11.9. The smallest absolute Gasteiger partial charge is 0.159 e. The molecular formula is C19H20ClN5. The van der Waals surface area contributed by atoms with Crippen molar-refractivity contribution in [2.45, 2.75) is 20.8 Å². The monoisotopic (exact) mass is 353 g/mol. The lowest BCUT2D eigenvalue weighted by Crippen LogP contribution is -2.06. The molecule has 0 fully saturated rings. The Balaban J connectivity index is 1.89. The molecule has 0 aliphatic carbocycles. The Morgan fingerprint density at radius 3 is 1.96 bits per heavy atom. The van der Waals surface area contributed by atoms with E-state index in [1.54, 1.807) is 0 Å². The first-order valence-corrected chi connectivity index (χ1v) is 8.30. The van der Waals surface area contributed by atoms with Crippen LogP contribution in [0, 0.1) is 20.8 Å². The van der Waals surface area contributed by atoms with Crippen LogP contribution < -0.4 is 16.4 Å². The normalized spacial score (nSPS) is 10.6. The summed E-state index contributed by atoms with van der Waals surface area (Å²) in [5, 5.41) is 7.21. The maximum absolute atomic E-state index is 6.26. The quantitative estimate of drug-likeness (QED) is 0.606. The van der Waals surface area contributed by atoms with Crippen LogP contribution in [0.1, 0.15) is 16.7 Å². The SMILES string of the molecule is Cc1ccc(Nc2ncnc(Nc3ccc(Cl)cc3C)c2N)c(C)c1. The number of nitrogens with zero attached hydrogens (tertiary/aromatic N) is 2. The minimum absolute atomic E-state index is 0.455. The van der Waals surface area contributed by atoms with Gasteiger partial charge in [-0.25, -0.2) is 9.97 Å². The fraction of sp³-hybridized carbons (Fsp3) is 0.158. The van der Waals surface area contributed by atoms with Crippen LogP contribution in [0.5, 0.6) is 0 Å². The highest BCUT2D eigenvalue weighted by Crippen LogP contribution is 2.30. The highest BCUT2D eigenvalue weighted by molar-refractivity contribution is 6.30. The maximum Gasteiger partial charge on any atom is 0.159 e. The summed E-state index contributed by atoms with van der Waals surface area (Å²) < 4.78 is 0. The number of anilines is 5. The molecule has 0 spiro atoms. The molecule has 0 bridgehead atoms. The van der Waals surface area contributed by atoms with E-state index < -0.39 is 0 Å². The summed E-state index contributed by atoms with van der Waals surface area (Å²) in [6.45, 7) is 6.08. The van der Waals surface area contributed by atoms with Gasteiger partial charge in [-0.15, -0.1) is 0 Å². The number of nitrogens with two attached hydrogens (primary N) is 1. The molecular weight excluding hydrogens is 334 g/mol. The molecule has 6 heteroatoms. The van der Waals surface area contributed by atoms with Gasteiger partial charge in [0.2, 0.25) is 0 Å². The van der Waals surface area contributed by atoms with Gasteiger partial charge in [-0.1, -0.05) is 29.3 Å². The minimum atomic E-state index is 0.455. The average molecular weight is 354 g/mol. The van der Waals surface area contributed by atoms with Gasteiger partial charge in [0.05, 0.1) is 0 Å². The molecule has 0 amide bonds. The standard InChI is InChI=1S/C19H20ClN5/c1-11-4-6-15(12(2)8-11)24-18-17(21)19(23-10-22-18)25-16-7-5-14(20)9-13(16)3/h4-10H,21H2,1-3H3,(H2,22,23,24,25). The first-order valence-electron chi connectivity index (χ1n) is 7.92. The van der Waals surface area contributed by atoms with E-state index in [2.05, 4.69) is 33.6 Å². The molecule has 0 saturated heterocycles. The van der Waals surface area contributed by atoms with Crippen molar-refractivity contribution in [3.8, 4) is 0 Å². The van der Waals surface area contributed by atoms with Gasteiger partial charge in [0.15, 0.2) is 11.6 Å². The Morgan fingerprint density at radius 2 is 1.40 bits per heavy atom. The summed E-state index contributed by atoms with van der Waals surface area (Å²) in [4.78, 5) is 8.52. The third kappa shape index (κ3) is 3.83. The van der Waals surface area contributed by atoms with E-state index in [0.717, 1.165) is 22.5 Å². The van der Waals surface area contributed by atoms with E-state index in [9.17, 15) is 0 Å². The van der Waals surface area contributed by atoms with Crippen molar-refractivity contribution in [1.29, 1.82) is 0 Å². The molecule has 0 unspecified atom stereocenters. The number of benzene rings is 2. The Hall–Kier alpha value is -2.79. The second-order valence-electron chi connectivity index (χ2n) is 6.01. The van der Waals surface area contributed by atoms with Crippen LogP contribution in [-0.4, -0.2) is 9.97 Å². The van der Waals surface area contributed by atoms with Crippen LogP contribution >= 0.6 is 11.6 Å². The van der Waals surface area contributed by atoms with E-state index in [4.69, 9.17) is 17.3 Å². The molecule has 0 aliphatic rings. The molecule has 25 heavy (non-hydrogen) atoms. The zero-order chi connectivity index (χ0) is 18.0. The van der Waals surface area contributed by atoms with E-state index in [1.165, 1.54) is 11.9 Å². The van der Waals surface area contributed by atoms with Crippen molar-refractivity contribution in [2.75, 3.05) is 16.4 Å². The molecule has 3 aromatic rings. The van der Waals surface area contributed by atoms with Gasteiger partial charge in [0, 0.05) is 16.4 Å². The summed E-state index contributed by atoms with van der Waals surface area (Å²) in [5.41, 5.74) is 11.9. The van der Waals surface area contributed by atoms with Crippen LogP contribution in [0.15, 0.2) is 42.7 Å². The Kier molecular flexibility index (Phi) is 4.76. The second-order valence-corrected chi connectivity index (χ2v) is 6.45. The van der Waals surface area contributed by atoms with Gasteiger partial charge in [0.25, 0.3) is 0 Å². The fourth-order valence-electron chi connectivity index (χ4n) is 2.57. The van der Waals surface area contributed by atoms with Crippen molar-refractivity contribution in [2.24, 2.45) is 0 Å². The number of aryl methyl sites for hydroxylation is 3. The number of hydrogen-bond donors (Lipinski definition) is 3. The Morgan fingerprint density at radius 1 is 0.840 bits per heavy atom. The lowest BCUT2D eigenvalue weighted by Gasteiger charge is -2.15. The van der Waals surface area contributed by atoms with Crippen molar-refractivity contribution < 1.29 is 0 Å². The van der Waals surface area contributed by atoms with Gasteiger partial charge < -0.3 is 16.4 Å². The highest BCUT2D eigenvalue weighted by Gasteiger charge is 2.11. The van der Waals surface area contributed by atoms with Crippen LogP contribution in [0.25, 0.3) is 0 Å². The number of nitrogens with one attached hydrogen (secondary N) is 2. The van der Waals surface area contributed by atoms with E-state index >= 15 is 0 Å². The fourth-order valence-corrected chi connectivity index (χ4v) is 2.80. The van der Waals surface area contributed by atoms with Gasteiger partial charge in [-0.3, -0.25) is 0 Å². The summed E-state index contributed by atoms with van der Waals surface area (Å²) in [5.74, 6) is 1.11. The molecule has 0 saturated carbocycles.